The zero-order valence-corrected chi connectivity index (χ0v) is 7.20. The van der Waals surface area contributed by atoms with Crippen molar-refractivity contribution in [1.82, 2.24) is 0 Å². The van der Waals surface area contributed by atoms with E-state index in [0.29, 0.717) is 0 Å². The van der Waals surface area contributed by atoms with Gasteiger partial charge in [-0.2, -0.15) is 0 Å². The van der Waals surface area contributed by atoms with Gasteiger partial charge in [0.25, 0.3) is 0 Å². The fraction of sp³-hybridized carbons (Fsp3) is 0.667. The van der Waals surface area contributed by atoms with Crippen molar-refractivity contribution in [3.8, 4) is 12.3 Å². The Labute approximate surface area is 62.0 Å². The quantitative estimate of drug-likeness (QED) is 0.303. The normalized spacial score (nSPS) is 9.25. The molecule has 0 saturated heterocycles. The molecule has 0 unspecified atom stereocenters. The predicted octanol–water partition coefficient (Wildman–Crippen LogP) is -2.67. The lowest BCUT2D eigenvalue weighted by Gasteiger charge is -2.19. The van der Waals surface area contributed by atoms with Crippen LogP contribution in [0.4, 0.5) is 0 Å². The molecule has 1 nitrogen and oxygen atoms in total. The smallest absolute Gasteiger partial charge is 0.140 e. The van der Waals surface area contributed by atoms with E-state index in [2.05, 4.69) is 27.1 Å². The van der Waals surface area contributed by atoms with Crippen LogP contribution in [0.3, 0.4) is 0 Å². The Morgan fingerprint density at radius 3 is 1.75 bits per heavy atom. The van der Waals surface area contributed by atoms with Crippen LogP contribution in [0.1, 0.15) is 0 Å². The zero-order chi connectivity index (χ0) is 5.91. The molecule has 0 N–H and O–H groups in total. The average molecular weight is 178 g/mol. The topological polar surface area (TPSA) is 0 Å². The molecule has 0 aliphatic rings. The van der Waals surface area contributed by atoms with E-state index >= 15 is 0 Å². The second-order valence-electron chi connectivity index (χ2n) is 2.65. The van der Waals surface area contributed by atoms with Crippen LogP contribution in [0.2, 0.25) is 0 Å². The van der Waals surface area contributed by atoms with Gasteiger partial charge in [-0.1, -0.05) is 0 Å². The molecule has 0 aliphatic carbocycles. The number of halogens is 1. The monoisotopic (exact) mass is 177 g/mol. The van der Waals surface area contributed by atoms with Crippen molar-refractivity contribution in [2.24, 2.45) is 0 Å². The zero-order valence-electron chi connectivity index (χ0n) is 5.61. The molecule has 0 bridgehead atoms. The van der Waals surface area contributed by atoms with Crippen LogP contribution < -0.4 is 17.0 Å². The summed E-state index contributed by atoms with van der Waals surface area (Å²) in [6.07, 6.45) is 5.05. The summed E-state index contributed by atoms with van der Waals surface area (Å²) >= 11 is 0. The van der Waals surface area contributed by atoms with Gasteiger partial charge in [0.1, 0.15) is 6.54 Å². The van der Waals surface area contributed by atoms with E-state index < -0.39 is 0 Å². The Morgan fingerprint density at radius 2 is 1.75 bits per heavy atom. The number of quaternary nitrogens is 1. The van der Waals surface area contributed by atoms with Crippen molar-refractivity contribution < 1.29 is 21.5 Å². The maximum Gasteiger partial charge on any atom is 0.140 e. The van der Waals surface area contributed by atoms with E-state index in [4.69, 9.17) is 6.42 Å². The fourth-order valence-corrected chi connectivity index (χ4v) is 0.274. The average Bonchev–Trinajstić information content (AvgIpc) is 1.30. The lowest BCUT2D eigenvalue weighted by molar-refractivity contribution is -0.862. The predicted molar refractivity (Wildman–Crippen MR) is 31.7 cm³/mol. The summed E-state index contributed by atoms with van der Waals surface area (Å²) in [6, 6.07) is 0. The summed E-state index contributed by atoms with van der Waals surface area (Å²) < 4.78 is 0.858. The highest BCUT2D eigenvalue weighted by Gasteiger charge is 2.00. The molecule has 48 valence electrons. The summed E-state index contributed by atoms with van der Waals surface area (Å²) in [5.74, 6) is 2.58. The van der Waals surface area contributed by atoms with Gasteiger partial charge < -0.3 is 21.5 Å². The van der Waals surface area contributed by atoms with E-state index in [1.165, 1.54) is 0 Å². The van der Waals surface area contributed by atoms with Gasteiger partial charge in [-0.25, -0.2) is 0 Å². The van der Waals surface area contributed by atoms with Crippen LogP contribution in [0, 0.1) is 12.3 Å². The highest BCUT2D eigenvalue weighted by Crippen LogP contribution is 1.84. The van der Waals surface area contributed by atoms with Crippen molar-refractivity contribution in [2.75, 3.05) is 27.7 Å². The van der Waals surface area contributed by atoms with E-state index in [-0.39, 0.29) is 17.0 Å². The van der Waals surface area contributed by atoms with E-state index in [9.17, 15) is 0 Å². The highest BCUT2D eigenvalue weighted by atomic mass is 79.9. The Bertz CT molecular complexity index is 85.7. The van der Waals surface area contributed by atoms with Crippen molar-refractivity contribution in [1.29, 1.82) is 0 Å². The van der Waals surface area contributed by atoms with Gasteiger partial charge in [0.15, 0.2) is 0 Å². The van der Waals surface area contributed by atoms with Crippen molar-refractivity contribution in [3.63, 3.8) is 0 Å². The van der Waals surface area contributed by atoms with Crippen LogP contribution in [0.15, 0.2) is 0 Å². The van der Waals surface area contributed by atoms with Crippen LogP contribution >= 0.6 is 0 Å². The molecule has 0 aliphatic heterocycles. The molecule has 0 radical (unpaired) electrons. The van der Waals surface area contributed by atoms with Crippen LogP contribution in [0.5, 0.6) is 0 Å². The molecule has 0 aromatic heterocycles. The SMILES string of the molecule is C#CC[N+](C)(C)C.[Br-]. The molecule has 0 amide bonds. The molecule has 0 spiro atoms. The second kappa shape index (κ2) is 3.94. The van der Waals surface area contributed by atoms with Gasteiger partial charge in [0, 0.05) is 0 Å². The molecule has 8 heavy (non-hydrogen) atoms. The first-order valence-electron chi connectivity index (χ1n) is 2.30. The molecule has 0 atom stereocenters. The Balaban J connectivity index is 0. The maximum atomic E-state index is 5.05. The second-order valence-corrected chi connectivity index (χ2v) is 2.65. The van der Waals surface area contributed by atoms with Gasteiger partial charge >= 0.3 is 0 Å². The number of hydrogen-bond acceptors (Lipinski definition) is 0. The summed E-state index contributed by atoms with van der Waals surface area (Å²) in [5.41, 5.74) is 0. The summed E-state index contributed by atoms with van der Waals surface area (Å²) in [7, 11) is 6.21. The third kappa shape index (κ3) is 9.38. The first kappa shape index (κ1) is 10.9. The van der Waals surface area contributed by atoms with E-state index in [0.717, 1.165) is 11.0 Å². The standard InChI is InChI=1S/C6H12N.BrH/c1-5-6-7(2,3)4;/h1H,6H2,2-4H3;1H/q+1;/p-1. The van der Waals surface area contributed by atoms with Crippen molar-refractivity contribution >= 4 is 0 Å². The number of terminal acetylenes is 1. The van der Waals surface area contributed by atoms with Crippen LogP contribution in [0.25, 0.3) is 0 Å². The Morgan fingerprint density at radius 1 is 1.38 bits per heavy atom. The molecule has 0 aromatic carbocycles. The molecular formula is C6H12BrN. The largest absolute Gasteiger partial charge is 1.00 e. The molecule has 2 heteroatoms. The minimum Gasteiger partial charge on any atom is -1.00 e. The van der Waals surface area contributed by atoms with Crippen LogP contribution in [-0.4, -0.2) is 32.2 Å². The molecule has 0 rings (SSSR count). The van der Waals surface area contributed by atoms with Gasteiger partial charge in [-0.3, -0.25) is 0 Å². The third-order valence-electron chi connectivity index (χ3n) is 0.566. The van der Waals surface area contributed by atoms with E-state index in [1.807, 2.05) is 0 Å². The fourth-order valence-electron chi connectivity index (χ4n) is 0.274. The summed E-state index contributed by atoms with van der Waals surface area (Å²) in [4.78, 5) is 0. The Kier molecular flexibility index (Phi) is 5.36. The van der Waals surface area contributed by atoms with Crippen molar-refractivity contribution in [3.05, 3.63) is 0 Å². The lowest BCUT2D eigenvalue weighted by Crippen LogP contribution is -3.00. The first-order valence-corrected chi connectivity index (χ1v) is 2.30. The first-order chi connectivity index (χ1) is 3.06. The summed E-state index contributed by atoms with van der Waals surface area (Å²) in [6.45, 7) is 0.806. The van der Waals surface area contributed by atoms with E-state index in [1.54, 1.807) is 0 Å². The molecule has 0 aromatic rings. The summed E-state index contributed by atoms with van der Waals surface area (Å²) in [5, 5.41) is 0. The van der Waals surface area contributed by atoms with Crippen LogP contribution in [-0.2, 0) is 0 Å². The number of rotatable bonds is 1. The molecule has 0 heterocycles. The lowest BCUT2D eigenvalue weighted by atomic mass is 10.5. The minimum atomic E-state index is 0. The van der Waals surface area contributed by atoms with Gasteiger partial charge in [-0.05, 0) is 5.92 Å². The molecule has 0 saturated carbocycles. The Hall–Kier alpha value is 0. The van der Waals surface area contributed by atoms with Gasteiger partial charge in [-0.15, -0.1) is 6.42 Å². The minimum absolute atomic E-state index is 0. The number of nitrogens with zero attached hydrogens (tertiary/aromatic N) is 1. The van der Waals surface area contributed by atoms with Gasteiger partial charge in [0.2, 0.25) is 0 Å². The third-order valence-corrected chi connectivity index (χ3v) is 0.566. The molecular weight excluding hydrogens is 166 g/mol. The maximum absolute atomic E-state index is 5.05. The molecule has 0 fully saturated rings. The van der Waals surface area contributed by atoms with Crippen molar-refractivity contribution in [2.45, 2.75) is 0 Å². The highest BCUT2D eigenvalue weighted by molar-refractivity contribution is 4.82. The van der Waals surface area contributed by atoms with Gasteiger partial charge in [0.05, 0.1) is 21.1 Å². The number of hydrogen-bond donors (Lipinski definition) is 0.